The molecular formula is C26H33N3O5. The number of nitrogens with zero attached hydrogens (tertiary/aromatic N) is 3. The van der Waals surface area contributed by atoms with Crippen LogP contribution in [0.5, 0.6) is 11.6 Å². The molecule has 1 N–H and O–H groups in total. The Hall–Kier alpha value is -3.13. The number of benzene rings is 1. The van der Waals surface area contributed by atoms with Crippen LogP contribution in [0.15, 0.2) is 42.6 Å². The molecule has 182 valence electrons. The molecule has 1 aromatic heterocycles. The third-order valence-corrected chi connectivity index (χ3v) is 7.05. The SMILES string of the molecule is COc1ncccc1C(=O)N1CCCCC2(CO)CCN(CC2)C(=O)c2ccccc2OCC1. The van der Waals surface area contributed by atoms with Crippen molar-refractivity contribution in [3.63, 3.8) is 0 Å². The molecule has 0 saturated carbocycles. The van der Waals surface area contributed by atoms with Gasteiger partial charge in [-0.3, -0.25) is 9.59 Å². The number of aliphatic hydroxyl groups excluding tert-OH is 1. The summed E-state index contributed by atoms with van der Waals surface area (Å²) in [5, 5.41) is 10.2. The van der Waals surface area contributed by atoms with E-state index in [4.69, 9.17) is 9.47 Å². The van der Waals surface area contributed by atoms with Gasteiger partial charge in [-0.15, -0.1) is 0 Å². The molecule has 8 heteroatoms. The van der Waals surface area contributed by atoms with Crippen molar-refractivity contribution in [2.45, 2.75) is 32.1 Å². The largest absolute Gasteiger partial charge is 0.491 e. The molecule has 1 aromatic carbocycles. The van der Waals surface area contributed by atoms with Gasteiger partial charge in [-0.1, -0.05) is 18.6 Å². The van der Waals surface area contributed by atoms with Crippen molar-refractivity contribution in [2.75, 3.05) is 46.5 Å². The molecular weight excluding hydrogens is 434 g/mol. The number of aromatic nitrogens is 1. The van der Waals surface area contributed by atoms with E-state index in [-0.39, 0.29) is 30.4 Å². The van der Waals surface area contributed by atoms with Crippen LogP contribution in [0.1, 0.15) is 52.8 Å². The van der Waals surface area contributed by atoms with Gasteiger partial charge in [-0.05, 0) is 55.4 Å². The molecule has 1 fully saturated rings. The van der Waals surface area contributed by atoms with Gasteiger partial charge in [0.2, 0.25) is 5.88 Å². The van der Waals surface area contributed by atoms with E-state index in [0.29, 0.717) is 48.9 Å². The quantitative estimate of drug-likeness (QED) is 0.746. The van der Waals surface area contributed by atoms with Crippen LogP contribution in [-0.2, 0) is 0 Å². The summed E-state index contributed by atoms with van der Waals surface area (Å²) < 4.78 is 11.3. The molecule has 0 atom stereocenters. The summed E-state index contributed by atoms with van der Waals surface area (Å²) in [6.45, 7) is 2.56. The molecule has 1 saturated heterocycles. The fourth-order valence-electron chi connectivity index (χ4n) is 4.88. The summed E-state index contributed by atoms with van der Waals surface area (Å²) in [7, 11) is 1.50. The molecule has 0 spiro atoms. The maximum Gasteiger partial charge on any atom is 0.259 e. The Morgan fingerprint density at radius 1 is 1.09 bits per heavy atom. The van der Waals surface area contributed by atoms with Gasteiger partial charge < -0.3 is 24.4 Å². The van der Waals surface area contributed by atoms with Crippen molar-refractivity contribution in [3.8, 4) is 11.6 Å². The number of hydrogen-bond donors (Lipinski definition) is 1. The topological polar surface area (TPSA) is 92.2 Å². The average Bonchev–Trinajstić information content (AvgIpc) is 2.90. The van der Waals surface area contributed by atoms with Gasteiger partial charge in [0.25, 0.3) is 11.8 Å². The maximum absolute atomic E-state index is 13.4. The van der Waals surface area contributed by atoms with Crippen molar-refractivity contribution in [2.24, 2.45) is 5.41 Å². The maximum atomic E-state index is 13.4. The number of carbonyl (C=O) groups is 2. The first-order valence-electron chi connectivity index (χ1n) is 12.0. The fraction of sp³-hybridized carbons (Fsp3) is 0.500. The predicted octanol–water partition coefficient (Wildman–Crippen LogP) is 3.01. The van der Waals surface area contributed by atoms with Crippen LogP contribution < -0.4 is 9.47 Å². The first kappa shape index (κ1) is 24.0. The van der Waals surface area contributed by atoms with E-state index in [1.165, 1.54) is 7.11 Å². The first-order valence-corrected chi connectivity index (χ1v) is 12.0. The van der Waals surface area contributed by atoms with Crippen molar-refractivity contribution in [3.05, 3.63) is 53.7 Å². The van der Waals surface area contributed by atoms with Gasteiger partial charge >= 0.3 is 0 Å². The Kier molecular flexibility index (Phi) is 7.67. The zero-order valence-corrected chi connectivity index (χ0v) is 19.7. The number of methoxy groups -OCH3 is 1. The lowest BCUT2D eigenvalue weighted by Crippen LogP contribution is -2.44. The van der Waals surface area contributed by atoms with E-state index in [2.05, 4.69) is 4.98 Å². The van der Waals surface area contributed by atoms with Crippen molar-refractivity contribution < 1.29 is 24.2 Å². The summed E-state index contributed by atoms with van der Waals surface area (Å²) in [4.78, 5) is 34.4. The molecule has 0 aliphatic carbocycles. The van der Waals surface area contributed by atoms with E-state index in [0.717, 1.165) is 32.1 Å². The van der Waals surface area contributed by atoms with Crippen LogP contribution >= 0.6 is 0 Å². The highest BCUT2D eigenvalue weighted by Crippen LogP contribution is 2.37. The Morgan fingerprint density at radius 2 is 1.88 bits per heavy atom. The number of hydrogen-bond acceptors (Lipinski definition) is 6. The summed E-state index contributed by atoms with van der Waals surface area (Å²) in [6.07, 6.45) is 5.72. The lowest BCUT2D eigenvalue weighted by atomic mass is 9.75. The molecule has 3 aliphatic heterocycles. The van der Waals surface area contributed by atoms with Crippen LogP contribution in [0.4, 0.5) is 0 Å². The third kappa shape index (κ3) is 5.17. The molecule has 4 heterocycles. The number of fused-ring (bicyclic) bond motifs is 9. The zero-order chi connectivity index (χ0) is 24.0. The molecule has 8 nitrogen and oxygen atoms in total. The van der Waals surface area contributed by atoms with Gasteiger partial charge in [0.05, 0.1) is 19.2 Å². The number of para-hydroxylation sites is 1. The molecule has 5 rings (SSSR count). The van der Waals surface area contributed by atoms with Crippen molar-refractivity contribution in [1.82, 2.24) is 14.8 Å². The number of carbonyl (C=O) groups excluding carboxylic acids is 2. The van der Waals surface area contributed by atoms with Crippen LogP contribution in [0.2, 0.25) is 0 Å². The van der Waals surface area contributed by atoms with E-state index < -0.39 is 0 Å². The Morgan fingerprint density at radius 3 is 2.65 bits per heavy atom. The molecule has 2 amide bonds. The predicted molar refractivity (Wildman–Crippen MR) is 127 cm³/mol. The summed E-state index contributed by atoms with van der Waals surface area (Å²) >= 11 is 0. The highest BCUT2D eigenvalue weighted by molar-refractivity contribution is 5.97. The minimum absolute atomic E-state index is 0.0509. The zero-order valence-electron chi connectivity index (χ0n) is 19.7. The summed E-state index contributed by atoms with van der Waals surface area (Å²) in [6, 6.07) is 10.7. The molecule has 0 radical (unpaired) electrons. The number of amides is 2. The number of pyridine rings is 1. The Bertz CT molecular complexity index is 1000. The highest BCUT2D eigenvalue weighted by atomic mass is 16.5. The number of piperidine rings is 1. The van der Waals surface area contributed by atoms with Crippen molar-refractivity contribution >= 4 is 11.8 Å². The van der Waals surface area contributed by atoms with Crippen LogP contribution in [-0.4, -0.2) is 78.2 Å². The second kappa shape index (κ2) is 10.9. The lowest BCUT2D eigenvalue weighted by Gasteiger charge is -2.41. The molecule has 2 aromatic rings. The molecule has 3 aliphatic rings. The van der Waals surface area contributed by atoms with Gasteiger partial charge in [0.15, 0.2) is 0 Å². The fourth-order valence-corrected chi connectivity index (χ4v) is 4.88. The Balaban J connectivity index is 1.59. The minimum atomic E-state index is -0.172. The average molecular weight is 468 g/mol. The summed E-state index contributed by atoms with van der Waals surface area (Å²) in [5.41, 5.74) is 0.770. The van der Waals surface area contributed by atoms with E-state index in [1.54, 1.807) is 35.4 Å². The molecule has 2 bridgehead atoms. The molecule has 0 unspecified atom stereocenters. The highest BCUT2D eigenvalue weighted by Gasteiger charge is 2.36. The van der Waals surface area contributed by atoms with E-state index in [1.807, 2.05) is 17.0 Å². The second-order valence-electron chi connectivity index (χ2n) is 9.10. The van der Waals surface area contributed by atoms with E-state index in [9.17, 15) is 14.7 Å². The monoisotopic (exact) mass is 467 g/mol. The minimum Gasteiger partial charge on any atom is -0.491 e. The number of ether oxygens (including phenoxy) is 2. The van der Waals surface area contributed by atoms with Crippen molar-refractivity contribution in [1.29, 1.82) is 0 Å². The third-order valence-electron chi connectivity index (χ3n) is 7.05. The summed E-state index contributed by atoms with van der Waals surface area (Å²) in [5.74, 6) is 0.606. The number of rotatable bonds is 3. The van der Waals surface area contributed by atoms with Gasteiger partial charge in [0, 0.05) is 32.4 Å². The van der Waals surface area contributed by atoms with Crippen LogP contribution in [0.3, 0.4) is 0 Å². The van der Waals surface area contributed by atoms with Crippen LogP contribution in [0, 0.1) is 5.41 Å². The Labute approximate surface area is 200 Å². The van der Waals surface area contributed by atoms with Gasteiger partial charge in [-0.2, -0.15) is 0 Å². The van der Waals surface area contributed by atoms with Gasteiger partial charge in [-0.25, -0.2) is 4.98 Å². The second-order valence-corrected chi connectivity index (χ2v) is 9.10. The van der Waals surface area contributed by atoms with Gasteiger partial charge in [0.1, 0.15) is 17.9 Å². The lowest BCUT2D eigenvalue weighted by molar-refractivity contribution is 0.0297. The normalized spacial score (nSPS) is 18.9. The van der Waals surface area contributed by atoms with E-state index >= 15 is 0 Å². The number of aliphatic hydroxyl groups is 1. The van der Waals surface area contributed by atoms with Crippen LogP contribution in [0.25, 0.3) is 0 Å². The first-order chi connectivity index (χ1) is 16.6. The standard InChI is InChI=1S/C26H33N3O5/c1-33-23-21(8-6-13-27-23)25(32)28-14-5-4-10-26(19-30)11-15-29(16-12-26)24(31)20-7-2-3-9-22(20)34-18-17-28/h2-3,6-9,13,30H,4-5,10-12,14-19H2,1H3. The molecule has 34 heavy (non-hydrogen) atoms. The smallest absolute Gasteiger partial charge is 0.259 e.